The fraction of sp³-hybridized carbons (Fsp3) is 0.174. The van der Waals surface area contributed by atoms with Crippen LogP contribution in [0.15, 0.2) is 77.7 Å². The summed E-state index contributed by atoms with van der Waals surface area (Å²) in [5, 5.41) is 3.01. The highest BCUT2D eigenvalue weighted by atomic mass is 35.5. The number of carbonyl (C=O) groups excluding carboxylic acids is 1. The number of carbonyl (C=O) groups is 1. The highest BCUT2D eigenvalue weighted by molar-refractivity contribution is 7.92. The monoisotopic (exact) mass is 442 g/mol. The van der Waals surface area contributed by atoms with Gasteiger partial charge in [0.1, 0.15) is 0 Å². The van der Waals surface area contributed by atoms with Crippen LogP contribution >= 0.6 is 11.6 Å². The highest BCUT2D eigenvalue weighted by Crippen LogP contribution is 2.26. The summed E-state index contributed by atoms with van der Waals surface area (Å²) >= 11 is 6.23. The molecule has 3 aromatic carbocycles. The van der Waals surface area contributed by atoms with Crippen molar-refractivity contribution in [3.8, 4) is 0 Å². The minimum Gasteiger partial charge on any atom is -0.352 e. The van der Waals surface area contributed by atoms with E-state index in [2.05, 4.69) is 22.2 Å². The van der Waals surface area contributed by atoms with Gasteiger partial charge < -0.3 is 5.32 Å². The summed E-state index contributed by atoms with van der Waals surface area (Å²) in [4.78, 5) is 12.5. The van der Waals surface area contributed by atoms with Crippen LogP contribution in [-0.2, 0) is 16.4 Å². The molecule has 156 valence electrons. The van der Waals surface area contributed by atoms with Gasteiger partial charge in [-0.3, -0.25) is 9.52 Å². The summed E-state index contributed by atoms with van der Waals surface area (Å²) in [6.45, 7) is 2.42. The molecule has 0 aliphatic heterocycles. The predicted molar refractivity (Wildman–Crippen MR) is 121 cm³/mol. The Balaban J connectivity index is 1.59. The van der Waals surface area contributed by atoms with Gasteiger partial charge in [0.05, 0.1) is 15.6 Å². The van der Waals surface area contributed by atoms with Gasteiger partial charge in [0.2, 0.25) is 0 Å². The van der Waals surface area contributed by atoms with Crippen molar-refractivity contribution in [3.63, 3.8) is 0 Å². The third-order valence-electron chi connectivity index (χ3n) is 4.58. The van der Waals surface area contributed by atoms with Crippen molar-refractivity contribution in [3.05, 3.63) is 94.5 Å². The standard InChI is InChI=1S/C23H23ClN2O3S/c1-17-9-12-20(13-10-17)30(28,29)26-22-14-11-19(16-21(22)24)23(27)25-15-5-8-18-6-3-2-4-7-18/h2-4,6-7,9-14,16,26H,5,8,15H2,1H3,(H,25,27). The van der Waals surface area contributed by atoms with Gasteiger partial charge in [0, 0.05) is 12.1 Å². The van der Waals surface area contributed by atoms with Crippen LogP contribution in [0.3, 0.4) is 0 Å². The van der Waals surface area contributed by atoms with Gasteiger partial charge in [-0.1, -0.05) is 59.6 Å². The van der Waals surface area contributed by atoms with E-state index in [-0.39, 0.29) is 21.5 Å². The molecule has 7 heteroatoms. The van der Waals surface area contributed by atoms with E-state index < -0.39 is 10.0 Å². The summed E-state index contributed by atoms with van der Waals surface area (Å²) in [7, 11) is -3.76. The van der Waals surface area contributed by atoms with Crippen LogP contribution < -0.4 is 10.0 Å². The van der Waals surface area contributed by atoms with E-state index in [0.29, 0.717) is 12.1 Å². The second-order valence-corrected chi connectivity index (χ2v) is 9.05. The minimum atomic E-state index is -3.76. The third-order valence-corrected chi connectivity index (χ3v) is 6.27. The lowest BCUT2D eigenvalue weighted by Gasteiger charge is -2.11. The van der Waals surface area contributed by atoms with Crippen LogP contribution in [0.1, 0.15) is 27.9 Å². The lowest BCUT2D eigenvalue weighted by Crippen LogP contribution is -2.24. The molecule has 0 saturated heterocycles. The summed E-state index contributed by atoms with van der Waals surface area (Å²) in [6, 6.07) is 21.1. The number of aryl methyl sites for hydroxylation is 2. The molecule has 30 heavy (non-hydrogen) atoms. The number of rotatable bonds is 8. The molecule has 0 spiro atoms. The van der Waals surface area contributed by atoms with Crippen LogP contribution in [0.25, 0.3) is 0 Å². The number of amides is 1. The zero-order valence-electron chi connectivity index (χ0n) is 16.6. The van der Waals surface area contributed by atoms with Gasteiger partial charge in [-0.25, -0.2) is 8.42 Å². The number of hydrogen-bond acceptors (Lipinski definition) is 3. The molecule has 0 aliphatic rings. The zero-order chi connectivity index (χ0) is 21.6. The first kappa shape index (κ1) is 21.9. The quantitative estimate of drug-likeness (QED) is 0.491. The number of benzene rings is 3. The van der Waals surface area contributed by atoms with Gasteiger partial charge in [-0.15, -0.1) is 0 Å². The molecular weight excluding hydrogens is 420 g/mol. The summed E-state index contributed by atoms with van der Waals surface area (Å²) in [5.74, 6) is -0.252. The molecule has 0 fully saturated rings. The molecule has 0 unspecified atom stereocenters. The Morgan fingerprint density at radius 2 is 1.67 bits per heavy atom. The fourth-order valence-corrected chi connectivity index (χ4v) is 4.26. The van der Waals surface area contributed by atoms with Crippen LogP contribution in [-0.4, -0.2) is 20.9 Å². The van der Waals surface area contributed by atoms with E-state index >= 15 is 0 Å². The maximum absolute atomic E-state index is 12.5. The fourth-order valence-electron chi connectivity index (χ4n) is 2.90. The first-order valence-corrected chi connectivity index (χ1v) is 11.4. The Morgan fingerprint density at radius 1 is 0.967 bits per heavy atom. The van der Waals surface area contributed by atoms with E-state index in [4.69, 9.17) is 11.6 Å². The first-order chi connectivity index (χ1) is 14.3. The molecule has 2 N–H and O–H groups in total. The molecular formula is C23H23ClN2O3S. The molecule has 3 rings (SSSR count). The van der Waals surface area contributed by atoms with Crippen LogP contribution in [0.4, 0.5) is 5.69 Å². The number of halogens is 1. The van der Waals surface area contributed by atoms with Crippen molar-refractivity contribution in [1.29, 1.82) is 0 Å². The SMILES string of the molecule is Cc1ccc(S(=O)(=O)Nc2ccc(C(=O)NCCCc3ccccc3)cc2Cl)cc1. The molecule has 0 heterocycles. The van der Waals surface area contributed by atoms with E-state index in [9.17, 15) is 13.2 Å². The average Bonchev–Trinajstić information content (AvgIpc) is 2.73. The molecule has 0 atom stereocenters. The van der Waals surface area contributed by atoms with Crippen molar-refractivity contribution in [1.82, 2.24) is 5.32 Å². The Labute approximate surface area is 182 Å². The Hall–Kier alpha value is -2.83. The lowest BCUT2D eigenvalue weighted by molar-refractivity contribution is 0.0953. The molecule has 0 bridgehead atoms. The molecule has 3 aromatic rings. The summed E-state index contributed by atoms with van der Waals surface area (Å²) in [6.07, 6.45) is 1.69. The van der Waals surface area contributed by atoms with Crippen LogP contribution in [0, 0.1) is 6.92 Å². The largest absolute Gasteiger partial charge is 0.352 e. The van der Waals surface area contributed by atoms with Crippen LogP contribution in [0.2, 0.25) is 5.02 Å². The van der Waals surface area contributed by atoms with Gasteiger partial charge in [-0.2, -0.15) is 0 Å². The molecule has 0 aliphatic carbocycles. The normalized spacial score (nSPS) is 11.1. The molecule has 0 saturated carbocycles. The highest BCUT2D eigenvalue weighted by Gasteiger charge is 2.16. The zero-order valence-corrected chi connectivity index (χ0v) is 18.1. The van der Waals surface area contributed by atoms with Gasteiger partial charge in [-0.05, 0) is 55.7 Å². The van der Waals surface area contributed by atoms with Gasteiger partial charge in [0.15, 0.2) is 0 Å². The molecule has 1 amide bonds. The van der Waals surface area contributed by atoms with E-state index in [1.807, 2.05) is 25.1 Å². The molecule has 5 nitrogen and oxygen atoms in total. The second-order valence-electron chi connectivity index (χ2n) is 6.96. The van der Waals surface area contributed by atoms with Gasteiger partial charge in [0.25, 0.3) is 15.9 Å². The molecule has 0 radical (unpaired) electrons. The van der Waals surface area contributed by atoms with Crippen molar-refractivity contribution in [2.45, 2.75) is 24.7 Å². The van der Waals surface area contributed by atoms with E-state index in [0.717, 1.165) is 18.4 Å². The summed E-state index contributed by atoms with van der Waals surface area (Å²) in [5.41, 5.74) is 2.78. The van der Waals surface area contributed by atoms with Gasteiger partial charge >= 0.3 is 0 Å². The maximum atomic E-state index is 12.5. The number of hydrogen-bond donors (Lipinski definition) is 2. The van der Waals surface area contributed by atoms with Crippen molar-refractivity contribution < 1.29 is 13.2 Å². The number of nitrogens with one attached hydrogen (secondary N) is 2. The molecule has 0 aromatic heterocycles. The predicted octanol–water partition coefficient (Wildman–Crippen LogP) is 4.81. The smallest absolute Gasteiger partial charge is 0.261 e. The van der Waals surface area contributed by atoms with E-state index in [1.54, 1.807) is 18.2 Å². The summed E-state index contributed by atoms with van der Waals surface area (Å²) < 4.78 is 27.5. The Bertz CT molecular complexity index is 1110. The lowest BCUT2D eigenvalue weighted by atomic mass is 10.1. The van der Waals surface area contributed by atoms with Crippen molar-refractivity contribution in [2.24, 2.45) is 0 Å². The number of anilines is 1. The van der Waals surface area contributed by atoms with Crippen molar-refractivity contribution in [2.75, 3.05) is 11.3 Å². The first-order valence-electron chi connectivity index (χ1n) is 9.56. The van der Waals surface area contributed by atoms with E-state index in [1.165, 1.54) is 29.8 Å². The topological polar surface area (TPSA) is 75.3 Å². The maximum Gasteiger partial charge on any atom is 0.261 e. The second kappa shape index (κ2) is 9.78. The van der Waals surface area contributed by atoms with Crippen LogP contribution in [0.5, 0.6) is 0 Å². The minimum absolute atomic E-state index is 0.143. The average molecular weight is 443 g/mol. The Kier molecular flexibility index (Phi) is 7.13. The Morgan fingerprint density at radius 3 is 2.33 bits per heavy atom. The number of sulfonamides is 1. The third kappa shape index (κ3) is 5.84. The van der Waals surface area contributed by atoms with Crippen molar-refractivity contribution >= 4 is 33.2 Å².